The molecule has 0 spiro atoms. The highest BCUT2D eigenvalue weighted by Crippen LogP contribution is 2.21. The minimum Gasteiger partial charge on any atom is -0.467 e. The molecule has 0 saturated carbocycles. The van der Waals surface area contributed by atoms with E-state index in [-0.39, 0.29) is 0 Å². The van der Waals surface area contributed by atoms with Crippen molar-refractivity contribution in [2.45, 2.75) is 46.3 Å². The van der Waals surface area contributed by atoms with Crippen LogP contribution in [-0.4, -0.2) is 43.7 Å². The molecule has 2 N–H and O–H groups in total. The van der Waals surface area contributed by atoms with Gasteiger partial charge < -0.3 is 24.7 Å². The Bertz CT molecular complexity index is 737. The predicted octanol–water partition coefficient (Wildman–Crippen LogP) is 3.57. The summed E-state index contributed by atoms with van der Waals surface area (Å²) in [6, 6.07) is 8.05. The highest BCUT2D eigenvalue weighted by atomic mass is 16.5. The van der Waals surface area contributed by atoms with Crippen LogP contribution >= 0.6 is 0 Å². The zero-order valence-corrected chi connectivity index (χ0v) is 18.3. The zero-order chi connectivity index (χ0) is 21.0. The van der Waals surface area contributed by atoms with Crippen molar-refractivity contribution in [3.8, 4) is 0 Å². The molecule has 0 unspecified atom stereocenters. The van der Waals surface area contributed by atoms with Crippen LogP contribution < -0.4 is 15.5 Å². The van der Waals surface area contributed by atoms with E-state index in [0.717, 1.165) is 61.6 Å². The van der Waals surface area contributed by atoms with E-state index in [2.05, 4.69) is 51.5 Å². The molecule has 1 aliphatic rings. The molecular weight excluding hydrogens is 378 g/mol. The molecule has 0 atom stereocenters. The molecule has 2 aromatic heterocycles. The quantitative estimate of drug-likeness (QED) is 0.352. The minimum absolute atomic E-state index is 0.514. The molecule has 2 aromatic rings. The van der Waals surface area contributed by atoms with Gasteiger partial charge in [-0.1, -0.05) is 13.0 Å². The standard InChI is InChI=1S/C23H35N5O2/c1-3-24-23(25-11-5-14-29-18-21-6-4-15-30-21)27-17-20-7-8-22(26-16-20)28-12-9-19(2)10-13-28/h4,6-8,15-16,19H,3,5,9-14,17-18H2,1-2H3,(H2,24,25,27). The fourth-order valence-corrected chi connectivity index (χ4v) is 3.40. The number of aliphatic imine (C=N–C) groups is 1. The van der Waals surface area contributed by atoms with Crippen LogP contribution in [0.3, 0.4) is 0 Å². The molecule has 30 heavy (non-hydrogen) atoms. The third-order valence-corrected chi connectivity index (χ3v) is 5.26. The smallest absolute Gasteiger partial charge is 0.191 e. The van der Waals surface area contributed by atoms with E-state index >= 15 is 0 Å². The van der Waals surface area contributed by atoms with Crippen LogP contribution in [0.5, 0.6) is 0 Å². The number of hydrogen-bond donors (Lipinski definition) is 2. The van der Waals surface area contributed by atoms with Gasteiger partial charge in [0.15, 0.2) is 5.96 Å². The fourth-order valence-electron chi connectivity index (χ4n) is 3.40. The summed E-state index contributed by atoms with van der Waals surface area (Å²) >= 11 is 0. The lowest BCUT2D eigenvalue weighted by atomic mass is 9.99. The van der Waals surface area contributed by atoms with Crippen molar-refractivity contribution >= 4 is 11.8 Å². The maximum atomic E-state index is 5.61. The van der Waals surface area contributed by atoms with Crippen LogP contribution in [0.25, 0.3) is 0 Å². The number of pyridine rings is 1. The van der Waals surface area contributed by atoms with Gasteiger partial charge in [0, 0.05) is 39.0 Å². The summed E-state index contributed by atoms with van der Waals surface area (Å²) < 4.78 is 10.9. The molecule has 1 fully saturated rings. The number of ether oxygens (including phenoxy) is 1. The minimum atomic E-state index is 0.514. The lowest BCUT2D eigenvalue weighted by molar-refractivity contribution is 0.105. The highest BCUT2D eigenvalue weighted by molar-refractivity contribution is 5.79. The van der Waals surface area contributed by atoms with Crippen LogP contribution in [0.4, 0.5) is 5.82 Å². The summed E-state index contributed by atoms with van der Waals surface area (Å²) in [6.07, 6.45) is 7.01. The number of piperidine rings is 1. The molecule has 3 rings (SSSR count). The molecule has 0 aliphatic carbocycles. The average Bonchev–Trinajstić information content (AvgIpc) is 3.29. The largest absolute Gasteiger partial charge is 0.467 e. The lowest BCUT2D eigenvalue weighted by Crippen LogP contribution is -2.38. The fraction of sp³-hybridized carbons (Fsp3) is 0.565. The van der Waals surface area contributed by atoms with Crippen LogP contribution in [0.2, 0.25) is 0 Å². The van der Waals surface area contributed by atoms with Crippen LogP contribution in [0, 0.1) is 5.92 Å². The van der Waals surface area contributed by atoms with E-state index in [1.807, 2.05) is 18.3 Å². The van der Waals surface area contributed by atoms with Crippen molar-refractivity contribution in [1.82, 2.24) is 15.6 Å². The van der Waals surface area contributed by atoms with Crippen LogP contribution in [-0.2, 0) is 17.9 Å². The maximum absolute atomic E-state index is 5.61. The van der Waals surface area contributed by atoms with Crippen LogP contribution in [0.1, 0.15) is 44.4 Å². The Morgan fingerprint density at radius 3 is 2.83 bits per heavy atom. The van der Waals surface area contributed by atoms with Gasteiger partial charge in [-0.15, -0.1) is 0 Å². The Kier molecular flexibility index (Phi) is 9.03. The van der Waals surface area contributed by atoms with Crippen molar-refractivity contribution in [1.29, 1.82) is 0 Å². The van der Waals surface area contributed by atoms with Gasteiger partial charge in [-0.3, -0.25) is 0 Å². The summed E-state index contributed by atoms with van der Waals surface area (Å²) in [5, 5.41) is 6.65. The van der Waals surface area contributed by atoms with E-state index in [4.69, 9.17) is 9.15 Å². The second-order valence-corrected chi connectivity index (χ2v) is 7.80. The van der Waals surface area contributed by atoms with Gasteiger partial charge in [0.1, 0.15) is 18.2 Å². The monoisotopic (exact) mass is 413 g/mol. The Morgan fingerprint density at radius 2 is 2.13 bits per heavy atom. The number of nitrogens with one attached hydrogen (secondary N) is 2. The predicted molar refractivity (Wildman–Crippen MR) is 121 cm³/mol. The number of guanidine groups is 1. The maximum Gasteiger partial charge on any atom is 0.191 e. The summed E-state index contributed by atoms with van der Waals surface area (Å²) in [7, 11) is 0. The SMILES string of the molecule is CCNC(=NCc1ccc(N2CCC(C)CC2)nc1)NCCCOCc1ccco1. The second kappa shape index (κ2) is 12.2. The number of hydrogen-bond acceptors (Lipinski definition) is 5. The summed E-state index contributed by atoms with van der Waals surface area (Å²) in [6.45, 7) is 10.0. The van der Waals surface area contributed by atoms with Gasteiger partial charge in [0.05, 0.1) is 12.8 Å². The number of furan rings is 1. The average molecular weight is 414 g/mol. The molecule has 3 heterocycles. The van der Waals surface area contributed by atoms with Gasteiger partial charge >= 0.3 is 0 Å². The van der Waals surface area contributed by atoms with Gasteiger partial charge in [-0.05, 0) is 55.9 Å². The second-order valence-electron chi connectivity index (χ2n) is 7.80. The summed E-state index contributed by atoms with van der Waals surface area (Å²) in [5.41, 5.74) is 1.11. The third-order valence-electron chi connectivity index (χ3n) is 5.26. The molecule has 164 valence electrons. The molecule has 0 bridgehead atoms. The number of anilines is 1. The first-order valence-corrected chi connectivity index (χ1v) is 11.1. The summed E-state index contributed by atoms with van der Waals surface area (Å²) in [4.78, 5) is 11.7. The Balaban J connectivity index is 1.39. The topological polar surface area (TPSA) is 74.9 Å². The Morgan fingerprint density at radius 1 is 1.27 bits per heavy atom. The Hall–Kier alpha value is -2.54. The number of rotatable bonds is 10. The molecule has 0 aromatic carbocycles. The Labute approximate surface area is 179 Å². The molecule has 1 saturated heterocycles. The number of nitrogens with zero attached hydrogens (tertiary/aromatic N) is 3. The first-order valence-electron chi connectivity index (χ1n) is 11.1. The molecular formula is C23H35N5O2. The van der Waals surface area contributed by atoms with Gasteiger partial charge in [0.2, 0.25) is 0 Å². The van der Waals surface area contributed by atoms with Gasteiger partial charge in [-0.2, -0.15) is 0 Å². The lowest BCUT2D eigenvalue weighted by Gasteiger charge is -2.31. The van der Waals surface area contributed by atoms with Gasteiger partial charge in [-0.25, -0.2) is 9.98 Å². The van der Waals surface area contributed by atoms with Crippen molar-refractivity contribution in [2.75, 3.05) is 37.7 Å². The molecule has 1 aliphatic heterocycles. The van der Waals surface area contributed by atoms with Crippen LogP contribution in [0.15, 0.2) is 46.1 Å². The summed E-state index contributed by atoms with van der Waals surface area (Å²) in [5.74, 6) is 3.58. The molecule has 0 radical (unpaired) electrons. The van der Waals surface area contributed by atoms with E-state index < -0.39 is 0 Å². The van der Waals surface area contributed by atoms with Crippen molar-refractivity contribution < 1.29 is 9.15 Å². The van der Waals surface area contributed by atoms with E-state index in [1.54, 1.807) is 6.26 Å². The molecule has 0 amide bonds. The normalized spacial score (nSPS) is 15.4. The zero-order valence-electron chi connectivity index (χ0n) is 18.3. The van der Waals surface area contributed by atoms with E-state index in [0.29, 0.717) is 19.8 Å². The molecule has 7 nitrogen and oxygen atoms in total. The van der Waals surface area contributed by atoms with Crippen molar-refractivity contribution in [2.24, 2.45) is 10.9 Å². The molecule has 7 heteroatoms. The van der Waals surface area contributed by atoms with Crippen molar-refractivity contribution in [3.63, 3.8) is 0 Å². The van der Waals surface area contributed by atoms with E-state index in [9.17, 15) is 0 Å². The number of aromatic nitrogens is 1. The van der Waals surface area contributed by atoms with Gasteiger partial charge in [0.25, 0.3) is 0 Å². The highest BCUT2D eigenvalue weighted by Gasteiger charge is 2.16. The van der Waals surface area contributed by atoms with Crippen molar-refractivity contribution in [3.05, 3.63) is 48.0 Å². The van der Waals surface area contributed by atoms with E-state index in [1.165, 1.54) is 12.8 Å². The third kappa shape index (κ3) is 7.37. The first kappa shape index (κ1) is 22.2. The first-order chi connectivity index (χ1) is 14.7.